The van der Waals surface area contributed by atoms with Gasteiger partial charge in [-0.15, -0.1) is 0 Å². The van der Waals surface area contributed by atoms with E-state index in [1.807, 2.05) is 6.92 Å². The normalized spacial score (nSPS) is 26.4. The third kappa shape index (κ3) is 6.84. The molecule has 2 N–H and O–H groups in total. The summed E-state index contributed by atoms with van der Waals surface area (Å²) < 4.78 is 27.6. The van der Waals surface area contributed by atoms with Crippen LogP contribution >= 0.6 is 0 Å². The maximum atomic E-state index is 13.8. The second kappa shape index (κ2) is 10.3. The zero-order valence-corrected chi connectivity index (χ0v) is 14.2. The highest BCUT2D eigenvalue weighted by Gasteiger charge is 2.39. The molecule has 0 aromatic carbocycles. The van der Waals surface area contributed by atoms with E-state index in [1.54, 1.807) is 0 Å². The number of rotatable bonds is 12. The summed E-state index contributed by atoms with van der Waals surface area (Å²) >= 11 is 0. The first-order chi connectivity index (χ1) is 10.9. The highest BCUT2D eigenvalue weighted by Crippen LogP contribution is 2.40. The monoisotopic (exact) mass is 334 g/mol. The van der Waals surface area contributed by atoms with E-state index in [4.69, 9.17) is 0 Å². The number of carbonyl (C=O) groups is 1. The summed E-state index contributed by atoms with van der Waals surface area (Å²) in [6.45, 7) is 1.86. The predicted molar refractivity (Wildman–Crippen MR) is 86.5 cm³/mol. The predicted octanol–water partition coefficient (Wildman–Crippen LogP) is 4.10. The molecule has 1 saturated carbocycles. The van der Waals surface area contributed by atoms with Crippen molar-refractivity contribution in [3.8, 4) is 0 Å². The van der Waals surface area contributed by atoms with Crippen LogP contribution < -0.4 is 0 Å². The molecule has 1 rings (SSSR count). The van der Waals surface area contributed by atoms with Gasteiger partial charge in [-0.3, -0.25) is 0 Å². The van der Waals surface area contributed by atoms with Crippen LogP contribution in [-0.4, -0.2) is 34.6 Å². The zero-order chi connectivity index (χ0) is 17.3. The van der Waals surface area contributed by atoms with Crippen molar-refractivity contribution in [2.45, 2.75) is 95.7 Å². The summed E-state index contributed by atoms with van der Waals surface area (Å²) in [7, 11) is 0. The number of halogens is 2. The van der Waals surface area contributed by atoms with Crippen molar-refractivity contribution in [3.05, 3.63) is 0 Å². The molecule has 23 heavy (non-hydrogen) atoms. The van der Waals surface area contributed by atoms with E-state index in [1.165, 1.54) is 0 Å². The first-order valence-electron chi connectivity index (χ1n) is 9.10. The first kappa shape index (κ1) is 20.5. The number of hydrogen-bond donors (Lipinski definition) is 2. The molecule has 4 atom stereocenters. The Kier molecular flexibility index (Phi) is 9.22. The second-order valence-electron chi connectivity index (χ2n) is 6.98. The molecule has 0 saturated heterocycles. The summed E-state index contributed by atoms with van der Waals surface area (Å²) in [6, 6.07) is 0. The first-order valence-corrected chi connectivity index (χ1v) is 9.10. The number of hydrogen-bond acceptors (Lipinski definition) is 3. The minimum Gasteiger partial charge on any atom is -0.393 e. The highest BCUT2D eigenvalue weighted by molar-refractivity contribution is 5.48. The maximum Gasteiger partial charge on any atom is 0.273 e. The van der Waals surface area contributed by atoms with Crippen molar-refractivity contribution in [1.82, 2.24) is 0 Å². The third-order valence-electron chi connectivity index (χ3n) is 5.20. The van der Waals surface area contributed by atoms with Crippen LogP contribution in [0.2, 0.25) is 0 Å². The van der Waals surface area contributed by atoms with E-state index in [9.17, 15) is 23.8 Å². The molecule has 0 aromatic rings. The molecule has 1 unspecified atom stereocenters. The topological polar surface area (TPSA) is 57.5 Å². The minimum atomic E-state index is -3.01. The van der Waals surface area contributed by atoms with Crippen molar-refractivity contribution in [1.29, 1.82) is 0 Å². The molecule has 136 valence electrons. The Balaban J connectivity index is 2.40. The number of aliphatic hydroxyl groups is 2. The zero-order valence-electron chi connectivity index (χ0n) is 14.2. The van der Waals surface area contributed by atoms with Crippen LogP contribution in [0.3, 0.4) is 0 Å². The van der Waals surface area contributed by atoms with Crippen LogP contribution in [0.4, 0.5) is 8.78 Å². The van der Waals surface area contributed by atoms with Crippen LogP contribution in [0, 0.1) is 11.8 Å². The van der Waals surface area contributed by atoms with Crippen LogP contribution in [-0.2, 0) is 4.79 Å². The summed E-state index contributed by atoms with van der Waals surface area (Å²) in [4.78, 5) is 10.3. The highest BCUT2D eigenvalue weighted by atomic mass is 19.3. The molecule has 0 aromatic heterocycles. The van der Waals surface area contributed by atoms with Gasteiger partial charge in [0, 0.05) is 12.8 Å². The van der Waals surface area contributed by atoms with Crippen molar-refractivity contribution in [2.24, 2.45) is 11.8 Å². The molecule has 0 amide bonds. The van der Waals surface area contributed by atoms with Crippen molar-refractivity contribution >= 4 is 6.29 Å². The van der Waals surface area contributed by atoms with Crippen LogP contribution in [0.15, 0.2) is 0 Å². The Labute approximate surface area is 138 Å². The molecule has 0 aliphatic heterocycles. The van der Waals surface area contributed by atoms with Crippen LogP contribution in [0.5, 0.6) is 0 Å². The summed E-state index contributed by atoms with van der Waals surface area (Å²) in [5, 5.41) is 19.9. The minimum absolute atomic E-state index is 0.0962. The maximum absolute atomic E-state index is 13.8. The fourth-order valence-electron chi connectivity index (χ4n) is 3.68. The summed E-state index contributed by atoms with van der Waals surface area (Å²) in [5.41, 5.74) is 0. The molecular weight excluding hydrogens is 302 g/mol. The molecule has 1 aliphatic rings. The van der Waals surface area contributed by atoms with Gasteiger partial charge in [0.1, 0.15) is 12.4 Å². The van der Waals surface area contributed by atoms with Gasteiger partial charge in [0.25, 0.3) is 5.92 Å². The van der Waals surface area contributed by atoms with E-state index >= 15 is 0 Å². The molecule has 0 heterocycles. The smallest absolute Gasteiger partial charge is 0.273 e. The van der Waals surface area contributed by atoms with E-state index in [0.717, 1.165) is 32.0 Å². The Morgan fingerprint density at radius 1 is 1.22 bits per heavy atom. The van der Waals surface area contributed by atoms with Crippen molar-refractivity contribution in [3.63, 3.8) is 0 Å². The van der Waals surface area contributed by atoms with E-state index in [-0.39, 0.29) is 30.8 Å². The average Bonchev–Trinajstić information content (AvgIpc) is 2.87. The standard InChI is InChI=1S/C18H32F2O3/c1-2-3-12-18(19,20)17(23)11-9-14-8-10-16(22)15(14)7-5-4-6-13-21/h13-17,22-23H,2-12H2,1H3/t14-,15-,16+,17?/m1/s1. The molecule has 3 nitrogen and oxygen atoms in total. The van der Waals surface area contributed by atoms with Crippen LogP contribution in [0.1, 0.15) is 77.6 Å². The average molecular weight is 334 g/mol. The quantitative estimate of drug-likeness (QED) is 0.417. The third-order valence-corrected chi connectivity index (χ3v) is 5.20. The Morgan fingerprint density at radius 2 is 1.96 bits per heavy atom. The van der Waals surface area contributed by atoms with Gasteiger partial charge >= 0.3 is 0 Å². The molecule has 0 bridgehead atoms. The molecule has 0 spiro atoms. The van der Waals surface area contributed by atoms with Crippen molar-refractivity contribution < 1.29 is 23.8 Å². The lowest BCUT2D eigenvalue weighted by atomic mass is 9.85. The lowest BCUT2D eigenvalue weighted by Crippen LogP contribution is -2.34. The van der Waals surface area contributed by atoms with Gasteiger partial charge in [-0.2, -0.15) is 0 Å². The second-order valence-corrected chi connectivity index (χ2v) is 6.98. The Bertz CT molecular complexity index is 336. The van der Waals surface area contributed by atoms with Gasteiger partial charge in [0.2, 0.25) is 0 Å². The Morgan fingerprint density at radius 3 is 2.61 bits per heavy atom. The van der Waals surface area contributed by atoms with Crippen LogP contribution in [0.25, 0.3) is 0 Å². The molecule has 1 aliphatic carbocycles. The number of unbranched alkanes of at least 4 members (excludes halogenated alkanes) is 3. The molecule has 5 heteroatoms. The Hall–Kier alpha value is -0.550. The van der Waals surface area contributed by atoms with E-state index in [0.29, 0.717) is 32.1 Å². The number of aldehydes is 1. The lowest BCUT2D eigenvalue weighted by Gasteiger charge is -2.26. The number of carbonyl (C=O) groups excluding carboxylic acids is 1. The van der Waals surface area contributed by atoms with Gasteiger partial charge in [-0.05, 0) is 56.8 Å². The fraction of sp³-hybridized carbons (Fsp3) is 0.944. The van der Waals surface area contributed by atoms with Crippen molar-refractivity contribution in [2.75, 3.05) is 0 Å². The van der Waals surface area contributed by atoms with E-state index < -0.39 is 12.0 Å². The summed E-state index contributed by atoms with van der Waals surface area (Å²) in [5.74, 6) is -2.68. The van der Waals surface area contributed by atoms with Gasteiger partial charge in [-0.25, -0.2) is 8.78 Å². The van der Waals surface area contributed by atoms with Gasteiger partial charge in [-0.1, -0.05) is 19.8 Å². The van der Waals surface area contributed by atoms with Gasteiger partial charge in [0.15, 0.2) is 0 Å². The number of aliphatic hydroxyl groups excluding tert-OH is 2. The molecular formula is C18H32F2O3. The largest absolute Gasteiger partial charge is 0.393 e. The van der Waals surface area contributed by atoms with E-state index in [2.05, 4.69) is 0 Å². The summed E-state index contributed by atoms with van der Waals surface area (Å²) in [6.07, 6.45) is 5.07. The lowest BCUT2D eigenvalue weighted by molar-refractivity contribution is -0.118. The fourth-order valence-corrected chi connectivity index (χ4v) is 3.68. The van der Waals surface area contributed by atoms with Gasteiger partial charge in [0.05, 0.1) is 6.10 Å². The molecule has 0 radical (unpaired) electrons. The SMILES string of the molecule is CCCCC(F)(F)C(O)CC[C@H]1CC[C@H](O)[C@@H]1CCCCC=O. The molecule has 1 fully saturated rings. The van der Waals surface area contributed by atoms with Gasteiger partial charge < -0.3 is 15.0 Å². The number of alkyl halides is 2.